The molecule has 1 saturated heterocycles. The molecule has 0 atom stereocenters. The summed E-state index contributed by atoms with van der Waals surface area (Å²) in [6.07, 6.45) is 0. The predicted octanol–water partition coefficient (Wildman–Crippen LogP) is 0.626. The van der Waals surface area contributed by atoms with Crippen LogP contribution in [0.15, 0.2) is 18.2 Å². The number of aliphatic hydroxyl groups is 1. The van der Waals surface area contributed by atoms with Gasteiger partial charge in [0.25, 0.3) is 5.91 Å². The van der Waals surface area contributed by atoms with E-state index in [0.717, 1.165) is 6.07 Å². The number of carbonyl (C=O) groups excluding carboxylic acids is 1. The Kier molecular flexibility index (Phi) is 4.39. The van der Waals surface area contributed by atoms with Crippen molar-refractivity contribution >= 4 is 5.91 Å². The summed E-state index contributed by atoms with van der Waals surface area (Å²) in [5.74, 6) is -0.520. The van der Waals surface area contributed by atoms with Gasteiger partial charge in [0.15, 0.2) is 0 Å². The Labute approximate surface area is 124 Å². The van der Waals surface area contributed by atoms with Crippen LogP contribution >= 0.6 is 0 Å². The third-order valence-corrected chi connectivity index (χ3v) is 3.48. The van der Waals surface area contributed by atoms with Crippen LogP contribution in [0, 0.1) is 0 Å². The molecular formula is C15H22N2O4. The highest BCUT2D eigenvalue weighted by Gasteiger charge is 2.26. The second kappa shape index (κ2) is 5.91. The lowest BCUT2D eigenvalue weighted by molar-refractivity contribution is 0.0178. The molecule has 21 heavy (non-hydrogen) atoms. The van der Waals surface area contributed by atoms with Crippen molar-refractivity contribution in [1.82, 2.24) is 9.80 Å². The van der Waals surface area contributed by atoms with Crippen LogP contribution in [-0.4, -0.2) is 69.4 Å². The maximum atomic E-state index is 12.3. The van der Waals surface area contributed by atoms with Crippen LogP contribution in [-0.2, 0) is 0 Å². The molecule has 1 amide bonds. The van der Waals surface area contributed by atoms with Crippen molar-refractivity contribution in [3.63, 3.8) is 0 Å². The molecule has 0 aromatic heterocycles. The van der Waals surface area contributed by atoms with E-state index in [-0.39, 0.29) is 23.0 Å². The topological polar surface area (TPSA) is 84.2 Å². The molecule has 6 nitrogen and oxygen atoms in total. The van der Waals surface area contributed by atoms with Gasteiger partial charge >= 0.3 is 0 Å². The van der Waals surface area contributed by atoms with E-state index >= 15 is 0 Å². The summed E-state index contributed by atoms with van der Waals surface area (Å²) in [6.45, 7) is 6.57. The van der Waals surface area contributed by atoms with Crippen LogP contribution in [0.2, 0.25) is 0 Å². The summed E-state index contributed by atoms with van der Waals surface area (Å²) in [5.41, 5.74) is -0.551. The Morgan fingerprint density at radius 1 is 1.19 bits per heavy atom. The van der Waals surface area contributed by atoms with E-state index in [4.69, 9.17) is 0 Å². The number of piperazine rings is 1. The van der Waals surface area contributed by atoms with Gasteiger partial charge < -0.3 is 20.2 Å². The summed E-state index contributed by atoms with van der Waals surface area (Å²) in [5, 5.41) is 28.8. The van der Waals surface area contributed by atoms with E-state index in [2.05, 4.69) is 4.90 Å². The number of carbonyl (C=O) groups is 1. The molecule has 0 unspecified atom stereocenters. The molecule has 1 aliphatic rings. The Morgan fingerprint density at radius 3 is 2.33 bits per heavy atom. The highest BCUT2D eigenvalue weighted by atomic mass is 16.3. The first-order valence-electron chi connectivity index (χ1n) is 7.02. The second-order valence-corrected chi connectivity index (χ2v) is 6.08. The monoisotopic (exact) mass is 294 g/mol. The molecule has 116 valence electrons. The maximum absolute atomic E-state index is 12.3. The minimum atomic E-state index is -0.749. The number of phenolic OH excluding ortho intramolecular Hbond substituents is 2. The summed E-state index contributed by atoms with van der Waals surface area (Å²) < 4.78 is 0. The third-order valence-electron chi connectivity index (χ3n) is 3.48. The van der Waals surface area contributed by atoms with Crippen LogP contribution in [0.25, 0.3) is 0 Å². The van der Waals surface area contributed by atoms with Gasteiger partial charge in [-0.2, -0.15) is 0 Å². The number of rotatable bonds is 3. The number of aromatic hydroxyl groups is 2. The number of hydrogen-bond acceptors (Lipinski definition) is 5. The molecule has 0 radical (unpaired) electrons. The van der Waals surface area contributed by atoms with Gasteiger partial charge in [0, 0.05) is 38.8 Å². The van der Waals surface area contributed by atoms with Crippen molar-refractivity contribution in [3.8, 4) is 11.5 Å². The number of hydrogen-bond donors (Lipinski definition) is 3. The van der Waals surface area contributed by atoms with E-state index < -0.39 is 5.60 Å². The van der Waals surface area contributed by atoms with Gasteiger partial charge in [-0.05, 0) is 26.0 Å². The van der Waals surface area contributed by atoms with E-state index in [9.17, 15) is 20.1 Å². The molecule has 0 bridgehead atoms. The van der Waals surface area contributed by atoms with E-state index in [1.807, 2.05) is 0 Å². The lowest BCUT2D eigenvalue weighted by atomic mass is 10.1. The summed E-state index contributed by atoms with van der Waals surface area (Å²) >= 11 is 0. The van der Waals surface area contributed by atoms with Gasteiger partial charge in [-0.3, -0.25) is 9.69 Å². The first kappa shape index (κ1) is 15.6. The maximum Gasteiger partial charge on any atom is 0.257 e. The molecule has 1 fully saturated rings. The lowest BCUT2D eigenvalue weighted by Gasteiger charge is -2.37. The molecular weight excluding hydrogens is 272 g/mol. The molecule has 1 aromatic rings. The number of β-amino-alcohol motifs (C(OH)–C–C–N with tert-alkyl or cyclic N) is 1. The Hall–Kier alpha value is -1.79. The molecule has 0 spiro atoms. The van der Waals surface area contributed by atoms with Crippen LogP contribution in [0.1, 0.15) is 24.2 Å². The largest absolute Gasteiger partial charge is 0.508 e. The number of nitrogens with zero attached hydrogens (tertiary/aromatic N) is 2. The second-order valence-electron chi connectivity index (χ2n) is 6.08. The van der Waals surface area contributed by atoms with Gasteiger partial charge in [-0.25, -0.2) is 0 Å². The van der Waals surface area contributed by atoms with E-state index in [1.54, 1.807) is 18.7 Å². The van der Waals surface area contributed by atoms with Gasteiger partial charge in [-0.15, -0.1) is 0 Å². The Balaban J connectivity index is 1.97. The van der Waals surface area contributed by atoms with Crippen LogP contribution in [0.3, 0.4) is 0 Å². The highest BCUT2D eigenvalue weighted by Crippen LogP contribution is 2.24. The van der Waals surface area contributed by atoms with Crippen LogP contribution < -0.4 is 0 Å². The highest BCUT2D eigenvalue weighted by molar-refractivity contribution is 5.97. The molecule has 1 heterocycles. The molecule has 1 aliphatic heterocycles. The summed E-state index contributed by atoms with van der Waals surface area (Å²) in [7, 11) is 0. The van der Waals surface area contributed by atoms with Crippen molar-refractivity contribution in [3.05, 3.63) is 23.8 Å². The van der Waals surface area contributed by atoms with E-state index in [0.29, 0.717) is 32.7 Å². The van der Waals surface area contributed by atoms with Gasteiger partial charge in [-0.1, -0.05) is 0 Å². The molecule has 0 saturated carbocycles. The standard InChI is InChI=1S/C15H22N2O4/c1-15(2,21)10-16-5-7-17(8-6-16)14(20)12-4-3-11(18)9-13(12)19/h3-4,9,18-19,21H,5-8,10H2,1-2H3. The smallest absolute Gasteiger partial charge is 0.257 e. The number of amides is 1. The average Bonchev–Trinajstić information content (AvgIpc) is 2.37. The quantitative estimate of drug-likeness (QED) is 0.761. The van der Waals surface area contributed by atoms with Crippen molar-refractivity contribution < 1.29 is 20.1 Å². The fourth-order valence-electron chi connectivity index (χ4n) is 2.53. The fraction of sp³-hybridized carbons (Fsp3) is 0.533. The minimum absolute atomic E-state index is 0.0703. The molecule has 1 aromatic carbocycles. The zero-order valence-corrected chi connectivity index (χ0v) is 12.4. The predicted molar refractivity (Wildman–Crippen MR) is 78.4 cm³/mol. The molecule has 2 rings (SSSR count). The molecule has 3 N–H and O–H groups in total. The fourth-order valence-corrected chi connectivity index (χ4v) is 2.53. The molecule has 6 heteroatoms. The summed E-state index contributed by atoms with van der Waals surface area (Å²) in [6, 6.07) is 3.98. The molecule has 0 aliphatic carbocycles. The lowest BCUT2D eigenvalue weighted by Crippen LogP contribution is -2.52. The Bertz CT molecular complexity index is 517. The number of phenols is 2. The van der Waals surface area contributed by atoms with Crippen molar-refractivity contribution in [2.24, 2.45) is 0 Å². The van der Waals surface area contributed by atoms with Gasteiger partial charge in [0.05, 0.1) is 11.2 Å². The first-order chi connectivity index (χ1) is 9.76. The third kappa shape index (κ3) is 4.09. The average molecular weight is 294 g/mol. The SMILES string of the molecule is CC(C)(O)CN1CCN(C(=O)c2ccc(O)cc2O)CC1. The Morgan fingerprint density at radius 2 is 1.81 bits per heavy atom. The van der Waals surface area contributed by atoms with Gasteiger partial charge in [0.1, 0.15) is 11.5 Å². The first-order valence-corrected chi connectivity index (χ1v) is 7.02. The van der Waals surface area contributed by atoms with Crippen LogP contribution in [0.5, 0.6) is 11.5 Å². The van der Waals surface area contributed by atoms with Crippen molar-refractivity contribution in [2.75, 3.05) is 32.7 Å². The zero-order valence-electron chi connectivity index (χ0n) is 12.4. The van der Waals surface area contributed by atoms with Gasteiger partial charge in [0.2, 0.25) is 0 Å². The summed E-state index contributed by atoms with van der Waals surface area (Å²) in [4.78, 5) is 16.1. The van der Waals surface area contributed by atoms with E-state index in [1.165, 1.54) is 12.1 Å². The van der Waals surface area contributed by atoms with Crippen molar-refractivity contribution in [1.29, 1.82) is 0 Å². The minimum Gasteiger partial charge on any atom is -0.508 e. The van der Waals surface area contributed by atoms with Crippen LogP contribution in [0.4, 0.5) is 0 Å². The normalized spacial score (nSPS) is 17.0. The van der Waals surface area contributed by atoms with Crippen molar-refractivity contribution in [2.45, 2.75) is 19.4 Å². The number of benzene rings is 1. The zero-order chi connectivity index (χ0) is 15.6.